The van der Waals surface area contributed by atoms with Gasteiger partial charge in [0.15, 0.2) is 0 Å². The molecule has 4 aromatic heterocycles. The first-order valence-electron chi connectivity index (χ1n) is 15.8. The summed E-state index contributed by atoms with van der Waals surface area (Å²) in [6.45, 7) is 7.71. The van der Waals surface area contributed by atoms with E-state index in [1.54, 1.807) is 11.3 Å². The van der Waals surface area contributed by atoms with Gasteiger partial charge < -0.3 is 4.42 Å². The van der Waals surface area contributed by atoms with Crippen LogP contribution in [0.4, 0.5) is 0 Å². The van der Waals surface area contributed by atoms with Crippen LogP contribution < -0.4 is 0 Å². The molecule has 0 atom stereocenters. The number of rotatable bonds is 4. The minimum absolute atomic E-state index is 0.516. The minimum atomic E-state index is -1.45. The van der Waals surface area contributed by atoms with Gasteiger partial charge in [0.25, 0.3) is 0 Å². The maximum Gasteiger partial charge on any atom is 0.144 e. The normalized spacial score (nSPS) is 13.2. The van der Waals surface area contributed by atoms with Gasteiger partial charge in [0, 0.05) is 64.3 Å². The van der Waals surface area contributed by atoms with Crippen LogP contribution in [-0.4, -0.2) is 15.0 Å². The van der Waals surface area contributed by atoms with Crippen molar-refractivity contribution in [1.29, 1.82) is 0 Å². The van der Waals surface area contributed by atoms with Crippen molar-refractivity contribution in [1.82, 2.24) is 15.0 Å². The Morgan fingerprint density at radius 3 is 2.07 bits per heavy atom. The van der Waals surface area contributed by atoms with Crippen LogP contribution in [0.2, 0.25) is 0 Å². The van der Waals surface area contributed by atoms with Crippen molar-refractivity contribution in [3.63, 3.8) is 0 Å². The summed E-state index contributed by atoms with van der Waals surface area (Å²) < 4.78 is 26.4. The third-order valence-corrected chi connectivity index (χ3v) is 9.09. The van der Waals surface area contributed by atoms with E-state index in [-0.39, 0.29) is 0 Å². The lowest BCUT2D eigenvalue weighted by Crippen LogP contribution is -2.08. The van der Waals surface area contributed by atoms with Crippen LogP contribution >= 0.6 is 11.3 Å². The van der Waals surface area contributed by atoms with Gasteiger partial charge in [0.2, 0.25) is 0 Å². The zero-order valence-electron chi connectivity index (χ0n) is 27.0. The highest BCUT2D eigenvalue weighted by molar-refractivity contribution is 7.25. The zero-order valence-corrected chi connectivity index (χ0v) is 25.8. The molecule has 0 aliphatic rings. The van der Waals surface area contributed by atoms with E-state index < -0.39 is 11.8 Å². The largest absolute Gasteiger partial charge is 0.455 e. The van der Waals surface area contributed by atoms with Gasteiger partial charge in [-0.05, 0) is 53.6 Å². The van der Waals surface area contributed by atoms with Crippen molar-refractivity contribution in [3.8, 4) is 33.5 Å². The predicted octanol–water partition coefficient (Wildman–Crippen LogP) is 11.0. The Bertz CT molecular complexity index is 2440. The number of pyridine rings is 1. The van der Waals surface area contributed by atoms with Gasteiger partial charge in [-0.25, -0.2) is 9.97 Å². The van der Waals surface area contributed by atoms with E-state index in [9.17, 15) is 0 Å². The number of benzene rings is 4. The molecule has 4 heterocycles. The molecule has 0 radical (unpaired) electrons. The Kier molecular flexibility index (Phi) is 5.64. The Balaban J connectivity index is 1.22. The van der Waals surface area contributed by atoms with Crippen molar-refractivity contribution < 1.29 is 7.16 Å². The molecule has 44 heavy (non-hydrogen) atoms. The zero-order chi connectivity index (χ0) is 31.8. The monoisotopic (exact) mass is 591 g/mol. The number of fused-ring (bicyclic) bond motifs is 6. The first-order chi connectivity index (χ1) is 22.1. The standard InChI is InChI=1S/C39H31N3OS/c1-23-40-20-27(21-41-23)25-12-14-26(15-13-25)28-7-5-8-30-31-9-6-10-32(38(31)43-37(28)30)34-18-33-29-16-11-24(19-39(2,3)4)17-35(29)44-36(33)22-42-34/h5-18,20-22H,19H2,1-4H3/i19D2. The molecule has 8 rings (SSSR count). The third kappa shape index (κ3) is 4.65. The molecule has 0 aliphatic carbocycles. The van der Waals surface area contributed by atoms with Crippen molar-refractivity contribution >= 4 is 53.4 Å². The summed E-state index contributed by atoms with van der Waals surface area (Å²) in [5.74, 6) is 0.756. The summed E-state index contributed by atoms with van der Waals surface area (Å²) in [5.41, 5.74) is 7.78. The fourth-order valence-corrected chi connectivity index (χ4v) is 7.07. The number of para-hydroxylation sites is 2. The summed E-state index contributed by atoms with van der Waals surface area (Å²) in [6, 6.07) is 29.1. The van der Waals surface area contributed by atoms with E-state index in [0.717, 1.165) is 81.4 Å². The number of aromatic nitrogens is 3. The lowest BCUT2D eigenvalue weighted by Gasteiger charge is -2.17. The van der Waals surface area contributed by atoms with Crippen molar-refractivity contribution in [2.75, 3.05) is 0 Å². The van der Waals surface area contributed by atoms with Crippen LogP contribution in [0.15, 0.2) is 108 Å². The summed E-state index contributed by atoms with van der Waals surface area (Å²) in [5, 5.41) is 4.33. The average molecular weight is 592 g/mol. The maximum absolute atomic E-state index is 8.76. The molecule has 8 aromatic rings. The molecule has 214 valence electrons. The van der Waals surface area contributed by atoms with Crippen molar-refractivity contribution in [3.05, 3.63) is 115 Å². The van der Waals surface area contributed by atoms with Crippen molar-refractivity contribution in [2.45, 2.75) is 34.1 Å². The van der Waals surface area contributed by atoms with Gasteiger partial charge in [-0.3, -0.25) is 4.98 Å². The second kappa shape index (κ2) is 10.1. The number of thiophene rings is 1. The van der Waals surface area contributed by atoms with Crippen LogP contribution in [0.25, 0.3) is 75.6 Å². The first-order valence-corrected chi connectivity index (χ1v) is 15.6. The molecule has 0 bridgehead atoms. The molecule has 4 nitrogen and oxygen atoms in total. The average Bonchev–Trinajstić information content (AvgIpc) is 3.62. The van der Waals surface area contributed by atoms with Crippen LogP contribution in [0.3, 0.4) is 0 Å². The molecule has 0 fully saturated rings. The lowest BCUT2D eigenvalue weighted by atomic mass is 9.88. The Morgan fingerprint density at radius 2 is 1.34 bits per heavy atom. The van der Waals surface area contributed by atoms with E-state index in [1.165, 1.54) is 0 Å². The molecular formula is C39H31N3OS. The van der Waals surface area contributed by atoms with Gasteiger partial charge in [-0.2, -0.15) is 0 Å². The van der Waals surface area contributed by atoms with Crippen LogP contribution in [0, 0.1) is 12.3 Å². The van der Waals surface area contributed by atoms with E-state index in [0.29, 0.717) is 5.56 Å². The highest BCUT2D eigenvalue weighted by Gasteiger charge is 2.18. The van der Waals surface area contributed by atoms with Gasteiger partial charge >= 0.3 is 0 Å². The van der Waals surface area contributed by atoms with Crippen LogP contribution in [-0.2, 0) is 6.37 Å². The molecule has 4 aromatic carbocycles. The summed E-state index contributed by atoms with van der Waals surface area (Å²) in [6.07, 6.45) is 4.19. The highest BCUT2D eigenvalue weighted by atomic mass is 32.1. The maximum atomic E-state index is 8.76. The molecule has 0 unspecified atom stereocenters. The number of furan rings is 1. The van der Waals surface area contributed by atoms with Gasteiger partial charge in [-0.1, -0.05) is 87.5 Å². The smallest absolute Gasteiger partial charge is 0.144 e. The first kappa shape index (κ1) is 24.6. The molecule has 0 saturated heterocycles. The fourth-order valence-electron chi connectivity index (χ4n) is 5.97. The number of hydrogen-bond acceptors (Lipinski definition) is 5. The number of aryl methyl sites for hydroxylation is 1. The number of hydrogen-bond donors (Lipinski definition) is 0. The Hall–Kier alpha value is -4.87. The molecule has 5 heteroatoms. The van der Waals surface area contributed by atoms with E-state index >= 15 is 0 Å². The summed E-state index contributed by atoms with van der Waals surface area (Å²) in [4.78, 5) is 13.6. The lowest BCUT2D eigenvalue weighted by molar-refractivity contribution is 0.411. The van der Waals surface area contributed by atoms with E-state index in [2.05, 4.69) is 82.8 Å². The predicted molar refractivity (Wildman–Crippen MR) is 184 cm³/mol. The second-order valence-corrected chi connectivity index (χ2v) is 13.4. The number of nitrogens with zero attached hydrogens (tertiary/aromatic N) is 3. The Morgan fingerprint density at radius 1 is 0.659 bits per heavy atom. The highest BCUT2D eigenvalue weighted by Crippen LogP contribution is 2.42. The summed E-state index contributed by atoms with van der Waals surface area (Å²) in [7, 11) is 0. The second-order valence-electron chi connectivity index (χ2n) is 12.3. The topological polar surface area (TPSA) is 51.8 Å². The molecule has 0 amide bonds. The third-order valence-electron chi connectivity index (χ3n) is 7.99. The molecule has 0 spiro atoms. The minimum Gasteiger partial charge on any atom is -0.455 e. The van der Waals surface area contributed by atoms with Crippen molar-refractivity contribution in [2.24, 2.45) is 5.41 Å². The van der Waals surface area contributed by atoms with Crippen LogP contribution in [0.1, 0.15) is 34.9 Å². The van der Waals surface area contributed by atoms with Crippen LogP contribution in [0.5, 0.6) is 0 Å². The molecule has 0 N–H and O–H groups in total. The quantitative estimate of drug-likeness (QED) is 0.204. The molecule has 0 saturated carbocycles. The summed E-state index contributed by atoms with van der Waals surface area (Å²) >= 11 is 1.65. The van der Waals surface area contributed by atoms with Gasteiger partial charge in [-0.15, -0.1) is 11.3 Å². The Labute approximate surface area is 262 Å². The van der Waals surface area contributed by atoms with Gasteiger partial charge in [0.05, 0.1) is 10.4 Å². The van der Waals surface area contributed by atoms with Gasteiger partial charge in [0.1, 0.15) is 17.0 Å². The van der Waals surface area contributed by atoms with E-state index in [1.807, 2.05) is 58.4 Å². The fraction of sp³-hybridized carbons (Fsp3) is 0.154. The van der Waals surface area contributed by atoms with E-state index in [4.69, 9.17) is 12.1 Å². The SMILES string of the molecule is [2H]C([2H])(c1ccc2c(c1)sc1cnc(-c3cccc4c3oc3c(-c5ccc(-c6cnc(C)nc6)cc5)cccc34)cc12)C(C)(C)C. The molecular weight excluding hydrogens is 559 g/mol. The molecule has 0 aliphatic heterocycles.